The van der Waals surface area contributed by atoms with Gasteiger partial charge in [-0.3, -0.25) is 0 Å². The van der Waals surface area contributed by atoms with Crippen LogP contribution in [0.5, 0.6) is 0 Å². The molecule has 0 N–H and O–H groups in total. The molecule has 0 aliphatic carbocycles. The zero-order chi connectivity index (χ0) is 4.00. The monoisotopic (exact) mass is 252 g/mol. The molecule has 2 radical (unpaired) electrons. The summed E-state index contributed by atoms with van der Waals surface area (Å²) in [7, 11) is 3.25. The fourth-order valence-electron chi connectivity index (χ4n) is 0. The molecule has 0 unspecified atom stereocenters. The first-order valence-electron chi connectivity index (χ1n) is 0.418. The molecule has 0 amide bonds. The molecule has 0 aromatic heterocycles. The first-order chi connectivity index (χ1) is 2.00. The summed E-state index contributed by atoms with van der Waals surface area (Å²) in [4.78, 5) is 0. The van der Waals surface area contributed by atoms with Gasteiger partial charge in [0.1, 0.15) is 0 Å². The summed E-state index contributed by atoms with van der Waals surface area (Å²) in [5, 5.41) is 0. The van der Waals surface area contributed by atoms with Gasteiger partial charge >= 0.3 is 40.0 Å². The van der Waals surface area contributed by atoms with Crippen molar-refractivity contribution in [3.63, 3.8) is 0 Å². The standard InChI is InChI=1S/BO.Bi.O/c1-2;;. The third-order valence-corrected chi connectivity index (χ3v) is 0. The van der Waals surface area contributed by atoms with Crippen molar-refractivity contribution < 1.29 is 7.52 Å². The van der Waals surface area contributed by atoms with Gasteiger partial charge in [-0.15, -0.1) is 0 Å². The van der Waals surface area contributed by atoms with Gasteiger partial charge in [0.15, 0.2) is 0 Å². The summed E-state index contributed by atoms with van der Waals surface area (Å²) in [6, 6.07) is 0. The molecule has 0 saturated heterocycles. The van der Waals surface area contributed by atoms with Crippen LogP contribution in [-0.2, 0) is 7.52 Å². The van der Waals surface area contributed by atoms with Gasteiger partial charge in [0.25, 0.3) is 0 Å². The molecule has 0 atom stereocenters. The fourth-order valence-corrected chi connectivity index (χ4v) is 0. The SMILES string of the molecule is [B]=O.[O]=[Bi]. The van der Waals surface area contributed by atoms with Crippen LogP contribution in [0.3, 0.4) is 0 Å². The van der Waals surface area contributed by atoms with E-state index in [2.05, 4.69) is 7.72 Å². The molecular weight excluding hydrogens is 252 g/mol. The number of hydrogen-bond donors (Lipinski definition) is 0. The fraction of sp³-hybridized carbons (Fsp3) is 0. The molecule has 0 spiro atoms. The molecule has 0 rings (SSSR count). The summed E-state index contributed by atoms with van der Waals surface area (Å²) in [6.07, 6.45) is 0. The van der Waals surface area contributed by atoms with E-state index in [1.165, 1.54) is 0 Å². The topological polar surface area (TPSA) is 34.1 Å². The van der Waals surface area contributed by atoms with Crippen LogP contribution < -0.4 is 0 Å². The second-order valence-corrected chi connectivity index (χ2v) is 0. The van der Waals surface area contributed by atoms with Crippen LogP contribution >= 0.6 is 0 Å². The van der Waals surface area contributed by atoms with Gasteiger partial charge < -0.3 is 0 Å². The zero-order valence-electron chi connectivity index (χ0n) is 1.84. The van der Waals surface area contributed by atoms with E-state index in [0.717, 1.165) is 0 Å². The van der Waals surface area contributed by atoms with Gasteiger partial charge in [-0.25, -0.2) is 0 Å². The van der Waals surface area contributed by atoms with E-state index in [4.69, 9.17) is 7.52 Å². The predicted octanol–water partition coefficient (Wildman–Crippen LogP) is -0.999. The Kier molecular flexibility index (Phi) is 169. The summed E-state index contributed by atoms with van der Waals surface area (Å²) in [6.45, 7) is 0. The Bertz CT molecular complexity index is 8.00. The molecule has 0 heterocycles. The average molecular weight is 252 g/mol. The number of rotatable bonds is 0. The van der Waals surface area contributed by atoms with Crippen molar-refractivity contribution in [2.75, 3.05) is 0 Å². The third kappa shape index (κ3) is 20.3. The molecule has 0 saturated carbocycles. The van der Waals surface area contributed by atoms with Crippen molar-refractivity contribution in [3.8, 4) is 0 Å². The third-order valence-electron chi connectivity index (χ3n) is 0. The van der Waals surface area contributed by atoms with Gasteiger partial charge in [0.05, 0.1) is 0 Å². The van der Waals surface area contributed by atoms with Crippen molar-refractivity contribution in [3.05, 3.63) is 0 Å². The van der Waals surface area contributed by atoms with Crippen molar-refractivity contribution in [2.45, 2.75) is 0 Å². The first kappa shape index (κ1) is 8.82. The average Bonchev–Trinajstić information content (AvgIpc) is 1.50. The minimum atomic E-state index is 0.194. The van der Waals surface area contributed by atoms with Gasteiger partial charge in [-0.05, 0) is 0 Å². The Balaban J connectivity index is 0. The Hall–Kier alpha value is 0.548. The molecule has 2 nitrogen and oxygen atoms in total. The Morgan fingerprint density at radius 3 is 1.25 bits per heavy atom. The van der Waals surface area contributed by atoms with Gasteiger partial charge in [0.2, 0.25) is 0 Å². The summed E-state index contributed by atoms with van der Waals surface area (Å²) in [5.41, 5.74) is 0. The molecule has 0 aliphatic heterocycles. The molecule has 20 valence electrons. The van der Waals surface area contributed by atoms with E-state index in [1.54, 1.807) is 0 Å². The summed E-state index contributed by atoms with van der Waals surface area (Å²) in [5.74, 6) is 0. The van der Waals surface area contributed by atoms with E-state index in [9.17, 15) is 0 Å². The molecule has 0 fully saturated rings. The van der Waals surface area contributed by atoms with Crippen LogP contribution in [0, 0.1) is 0 Å². The van der Waals surface area contributed by atoms with Gasteiger partial charge in [-0.2, -0.15) is 0 Å². The van der Waals surface area contributed by atoms with E-state index in [1.807, 2.05) is 0 Å². The molecule has 4 heteroatoms. The van der Waals surface area contributed by atoms with Crippen LogP contribution in [0.2, 0.25) is 0 Å². The van der Waals surface area contributed by atoms with E-state index < -0.39 is 0 Å². The van der Waals surface area contributed by atoms with E-state index >= 15 is 0 Å². The number of hydrogen-bond acceptors (Lipinski definition) is 2. The molecule has 0 aromatic rings. The molecule has 0 aromatic carbocycles. The zero-order valence-corrected chi connectivity index (χ0v) is 5.32. The van der Waals surface area contributed by atoms with Crippen LogP contribution in [-0.4, -0.2) is 32.4 Å². The van der Waals surface area contributed by atoms with E-state index in [-0.39, 0.29) is 24.7 Å². The van der Waals surface area contributed by atoms with Gasteiger partial charge in [-0.1, -0.05) is 0 Å². The Labute approximate surface area is 40.3 Å². The molecule has 0 bridgehead atoms. The molecule has 4 heavy (non-hydrogen) atoms. The van der Waals surface area contributed by atoms with Crippen molar-refractivity contribution in [1.29, 1.82) is 0 Å². The maximum atomic E-state index is 8.36. The maximum absolute atomic E-state index is 8.36. The second kappa shape index (κ2) is 76.7. The van der Waals surface area contributed by atoms with Gasteiger partial charge in [0, 0.05) is 0 Å². The van der Waals surface area contributed by atoms with Crippen LogP contribution in [0.25, 0.3) is 0 Å². The molecular formula is BBiO2. The summed E-state index contributed by atoms with van der Waals surface area (Å²) >= 11 is 0.194. The quantitative estimate of drug-likeness (QED) is 0.518. The first-order valence-corrected chi connectivity index (χ1v) is 1.84. The van der Waals surface area contributed by atoms with Crippen LogP contribution in [0.1, 0.15) is 0 Å². The summed E-state index contributed by atoms with van der Waals surface area (Å²) < 4.78 is 16.1. The Morgan fingerprint density at radius 2 is 1.25 bits per heavy atom. The van der Waals surface area contributed by atoms with Crippen molar-refractivity contribution in [1.82, 2.24) is 0 Å². The van der Waals surface area contributed by atoms with Crippen LogP contribution in [0.15, 0.2) is 0 Å². The van der Waals surface area contributed by atoms with Crippen LogP contribution in [0.4, 0.5) is 0 Å². The van der Waals surface area contributed by atoms with Crippen molar-refractivity contribution >= 4 is 32.4 Å². The molecule has 0 aliphatic rings. The minimum absolute atomic E-state index is 0.194. The van der Waals surface area contributed by atoms with E-state index in [0.29, 0.717) is 0 Å². The van der Waals surface area contributed by atoms with Crippen molar-refractivity contribution in [2.24, 2.45) is 0 Å². The second-order valence-electron chi connectivity index (χ2n) is 0. The Morgan fingerprint density at radius 1 is 1.25 bits per heavy atom. The predicted molar refractivity (Wildman–Crippen MR) is 12.9 cm³/mol. The normalized spacial score (nSPS) is 1.75.